The second-order valence-electron chi connectivity index (χ2n) is 5.11. The topological polar surface area (TPSA) is 136 Å². The minimum absolute atomic E-state index is 0.179. The normalized spacial score (nSPS) is 30.5. The van der Waals surface area contributed by atoms with Gasteiger partial charge in [-0.05, 0) is 12.3 Å². The lowest BCUT2D eigenvalue weighted by molar-refractivity contribution is -0.187. The van der Waals surface area contributed by atoms with Gasteiger partial charge in [0.25, 0.3) is 0 Å². The van der Waals surface area contributed by atoms with Crippen LogP contribution in [-0.2, 0) is 14.3 Å². The predicted octanol–water partition coefficient (Wildman–Crippen LogP) is -0.890. The Morgan fingerprint density at radius 2 is 1.86 bits per heavy atom. The van der Waals surface area contributed by atoms with Gasteiger partial charge >= 0.3 is 5.97 Å². The van der Waals surface area contributed by atoms with E-state index in [0.29, 0.717) is 0 Å². The molecule has 8 heteroatoms. The highest BCUT2D eigenvalue weighted by molar-refractivity contribution is 5.74. The third kappa shape index (κ3) is 5.53. The van der Waals surface area contributed by atoms with Crippen LogP contribution in [0.4, 0.5) is 0 Å². The second kappa shape index (κ2) is 9.73. The van der Waals surface area contributed by atoms with Crippen LogP contribution in [0.2, 0.25) is 0 Å². The third-order valence-corrected chi connectivity index (χ3v) is 3.44. The predicted molar refractivity (Wildman–Crippen MR) is 78.1 cm³/mol. The van der Waals surface area contributed by atoms with Crippen molar-refractivity contribution in [2.45, 2.75) is 64.6 Å². The smallest absolute Gasteiger partial charge is 0.332 e. The highest BCUT2D eigenvalue weighted by atomic mass is 16.5. The number of ether oxygens (including phenoxy) is 1. The van der Waals surface area contributed by atoms with Gasteiger partial charge in [0.1, 0.15) is 18.3 Å². The van der Waals surface area contributed by atoms with Gasteiger partial charge in [-0.3, -0.25) is 4.79 Å². The monoisotopic (exact) mass is 321 g/mol. The Hall–Kier alpha value is -1.22. The maximum atomic E-state index is 11.2. The zero-order valence-electron chi connectivity index (χ0n) is 13.4. The van der Waals surface area contributed by atoms with Gasteiger partial charge in [0.05, 0.1) is 12.6 Å². The zero-order valence-corrected chi connectivity index (χ0v) is 13.4. The van der Waals surface area contributed by atoms with Crippen molar-refractivity contribution in [1.82, 2.24) is 5.32 Å². The highest BCUT2D eigenvalue weighted by Gasteiger charge is 2.44. The Balaban J connectivity index is 0.00000211. The first-order valence-corrected chi connectivity index (χ1v) is 7.40. The summed E-state index contributed by atoms with van der Waals surface area (Å²) in [6, 6.07) is -0.640. The van der Waals surface area contributed by atoms with Crippen LogP contribution < -0.4 is 5.32 Å². The molecule has 22 heavy (non-hydrogen) atoms. The Labute approximate surface area is 130 Å². The third-order valence-electron chi connectivity index (χ3n) is 3.44. The average Bonchev–Trinajstić information content (AvgIpc) is 2.48. The lowest BCUT2D eigenvalue weighted by Crippen LogP contribution is -2.61. The number of carboxylic acid groups (broad SMARTS) is 1. The molecule has 0 spiro atoms. The molecule has 1 rings (SSSR count). The summed E-state index contributed by atoms with van der Waals surface area (Å²) in [5.41, 5.74) is 0. The molecule has 1 aliphatic heterocycles. The fourth-order valence-corrected chi connectivity index (χ4v) is 2.38. The first-order chi connectivity index (χ1) is 10.3. The molecule has 0 radical (unpaired) electrons. The van der Waals surface area contributed by atoms with Gasteiger partial charge in [-0.2, -0.15) is 0 Å². The lowest BCUT2D eigenvalue weighted by atomic mass is 9.84. The average molecular weight is 321 g/mol. The van der Waals surface area contributed by atoms with Crippen LogP contribution in [0.5, 0.6) is 0 Å². The molecule has 130 valence electrons. The van der Waals surface area contributed by atoms with Crippen LogP contribution in [0.15, 0.2) is 0 Å². The number of hydrogen-bond acceptors (Lipinski definition) is 6. The Morgan fingerprint density at radius 1 is 1.32 bits per heavy atom. The fourth-order valence-electron chi connectivity index (χ4n) is 2.38. The summed E-state index contributed by atoms with van der Waals surface area (Å²) < 4.78 is 5.28. The molecule has 1 saturated heterocycles. The number of rotatable bonds is 5. The van der Waals surface area contributed by atoms with Crippen molar-refractivity contribution in [3.63, 3.8) is 0 Å². The van der Waals surface area contributed by atoms with Crippen LogP contribution in [-0.4, -0.2) is 69.4 Å². The number of carbonyl (C=O) groups is 2. The summed E-state index contributed by atoms with van der Waals surface area (Å²) in [6.07, 6.45) is -5.03. The maximum Gasteiger partial charge on any atom is 0.332 e. The summed E-state index contributed by atoms with van der Waals surface area (Å²) >= 11 is 0. The van der Waals surface area contributed by atoms with Crippen LogP contribution >= 0.6 is 0 Å². The molecule has 1 fully saturated rings. The number of aliphatic hydroxyl groups is 3. The van der Waals surface area contributed by atoms with Crippen molar-refractivity contribution >= 4 is 11.9 Å². The molecule has 0 aromatic rings. The summed E-state index contributed by atoms with van der Waals surface area (Å²) in [5, 5.41) is 39.9. The minimum Gasteiger partial charge on any atom is -0.479 e. The molecule has 1 amide bonds. The van der Waals surface area contributed by atoms with E-state index in [2.05, 4.69) is 5.32 Å². The number of aliphatic carboxylic acids is 1. The largest absolute Gasteiger partial charge is 0.479 e. The quantitative estimate of drug-likeness (QED) is 0.443. The van der Waals surface area contributed by atoms with E-state index in [1.54, 1.807) is 6.92 Å². The molecular weight excluding hydrogens is 294 g/mol. The highest BCUT2D eigenvalue weighted by Crippen LogP contribution is 2.28. The molecule has 0 aliphatic carbocycles. The van der Waals surface area contributed by atoms with E-state index in [0.717, 1.165) is 0 Å². The molecule has 0 aromatic carbocycles. The first kappa shape index (κ1) is 20.8. The van der Waals surface area contributed by atoms with Gasteiger partial charge in [0.2, 0.25) is 5.91 Å². The number of hydrogen-bond donors (Lipinski definition) is 5. The number of carboxylic acids is 1. The van der Waals surface area contributed by atoms with Crippen molar-refractivity contribution in [1.29, 1.82) is 0 Å². The molecule has 0 saturated carbocycles. The number of nitrogens with one attached hydrogen (secondary N) is 1. The van der Waals surface area contributed by atoms with Gasteiger partial charge < -0.3 is 30.5 Å². The van der Waals surface area contributed by atoms with Crippen LogP contribution in [0, 0.1) is 5.92 Å². The lowest BCUT2D eigenvalue weighted by Gasteiger charge is -2.42. The Bertz CT molecular complexity index is 363. The molecule has 1 heterocycles. The van der Waals surface area contributed by atoms with Crippen LogP contribution in [0.3, 0.4) is 0 Å². The van der Waals surface area contributed by atoms with Gasteiger partial charge in [-0.1, -0.05) is 20.8 Å². The van der Waals surface area contributed by atoms with Gasteiger partial charge in [0, 0.05) is 6.92 Å². The van der Waals surface area contributed by atoms with Crippen molar-refractivity contribution < 1.29 is 34.8 Å². The standard InChI is InChI=1S/C12H21NO7.C2H6/c1-5-3-8(12(18)19)20-11(9(5)13-6(2)15)10(17)7(16)4-14;1-2/h5,7-11,14,16-17H,3-4H2,1-2H3,(H,13,15)(H,18,19);1-2H3. The summed E-state index contributed by atoms with van der Waals surface area (Å²) in [4.78, 5) is 22.2. The molecule has 1 aliphatic rings. The molecule has 5 N–H and O–H groups in total. The van der Waals surface area contributed by atoms with Crippen molar-refractivity contribution in [3.8, 4) is 0 Å². The number of carbonyl (C=O) groups excluding carboxylic acids is 1. The molecule has 6 unspecified atom stereocenters. The summed E-state index contributed by atoms with van der Waals surface area (Å²) in [5.74, 6) is -1.79. The minimum atomic E-state index is -1.50. The van der Waals surface area contributed by atoms with Crippen molar-refractivity contribution in [3.05, 3.63) is 0 Å². The Morgan fingerprint density at radius 3 is 2.27 bits per heavy atom. The van der Waals surface area contributed by atoms with E-state index < -0.39 is 43.0 Å². The van der Waals surface area contributed by atoms with Gasteiger partial charge in [0.15, 0.2) is 6.10 Å². The van der Waals surface area contributed by atoms with E-state index in [9.17, 15) is 19.8 Å². The van der Waals surface area contributed by atoms with E-state index in [-0.39, 0.29) is 18.2 Å². The zero-order chi connectivity index (χ0) is 17.4. The number of amides is 1. The molecule has 8 nitrogen and oxygen atoms in total. The maximum absolute atomic E-state index is 11.2. The SMILES string of the molecule is CC.CC(=O)NC1C(C)CC(C(=O)O)OC1C(O)C(O)CO. The van der Waals surface area contributed by atoms with Crippen LogP contribution in [0.25, 0.3) is 0 Å². The van der Waals surface area contributed by atoms with Crippen molar-refractivity contribution in [2.24, 2.45) is 5.92 Å². The van der Waals surface area contributed by atoms with Crippen LogP contribution in [0.1, 0.15) is 34.1 Å². The van der Waals surface area contributed by atoms with E-state index in [4.69, 9.17) is 14.9 Å². The van der Waals surface area contributed by atoms with E-state index in [1.807, 2.05) is 13.8 Å². The molecule has 0 aromatic heterocycles. The molecular formula is C14H27NO7. The van der Waals surface area contributed by atoms with Crippen molar-refractivity contribution in [2.75, 3.05) is 6.61 Å². The van der Waals surface area contributed by atoms with Gasteiger partial charge in [-0.15, -0.1) is 0 Å². The second-order valence-corrected chi connectivity index (χ2v) is 5.11. The molecule has 0 bridgehead atoms. The summed E-state index contributed by atoms with van der Waals surface area (Å²) in [6.45, 7) is 6.33. The van der Waals surface area contributed by atoms with E-state index in [1.165, 1.54) is 6.92 Å². The fraction of sp³-hybridized carbons (Fsp3) is 0.857. The van der Waals surface area contributed by atoms with E-state index >= 15 is 0 Å². The van der Waals surface area contributed by atoms with Gasteiger partial charge in [-0.25, -0.2) is 4.79 Å². The molecule has 6 atom stereocenters. The summed E-state index contributed by atoms with van der Waals surface area (Å²) in [7, 11) is 0. The Kier molecular flexibility index (Phi) is 9.19. The first-order valence-electron chi connectivity index (χ1n) is 7.40. The number of aliphatic hydroxyl groups excluding tert-OH is 3.